The second kappa shape index (κ2) is 13.4. The summed E-state index contributed by atoms with van der Waals surface area (Å²) in [6, 6.07) is 5.25. The van der Waals surface area contributed by atoms with Gasteiger partial charge in [-0.1, -0.05) is 53.7 Å². The predicted octanol–water partition coefficient (Wildman–Crippen LogP) is 3.18. The molecule has 4 atom stereocenters. The maximum absolute atomic E-state index is 13.7. The lowest BCUT2D eigenvalue weighted by Crippen LogP contribution is -2.61. The van der Waals surface area contributed by atoms with Gasteiger partial charge in [0.15, 0.2) is 0 Å². The molecule has 1 aromatic rings. The summed E-state index contributed by atoms with van der Waals surface area (Å²) < 4.78 is 6.31. The summed E-state index contributed by atoms with van der Waals surface area (Å²) in [4.78, 5) is 42.0. The van der Waals surface area contributed by atoms with Crippen molar-refractivity contribution in [3.63, 3.8) is 0 Å². The first kappa shape index (κ1) is 29.4. The monoisotopic (exact) mass is 500 g/mol. The number of ether oxygens (including phenoxy) is 1. The molecule has 1 aromatic carbocycles. The van der Waals surface area contributed by atoms with Crippen LogP contribution in [0.15, 0.2) is 30.5 Å². The average molecular weight is 501 g/mol. The number of carbonyl (C=O) groups is 3. The van der Waals surface area contributed by atoms with E-state index in [0.29, 0.717) is 24.5 Å². The van der Waals surface area contributed by atoms with Crippen molar-refractivity contribution >= 4 is 23.8 Å². The van der Waals surface area contributed by atoms with Crippen molar-refractivity contribution in [1.29, 1.82) is 0 Å². The smallest absolute Gasteiger partial charge is 0.247 e. The topological polar surface area (TPSA) is 99.8 Å². The molecule has 0 radical (unpaired) electrons. The van der Waals surface area contributed by atoms with Crippen LogP contribution in [-0.4, -0.2) is 60.9 Å². The SMILES string of the molecule is CC(C)CC(C(=O)N[C@@H]1C(=O)N[C@@H](CC(C)C)C(=O)N/C=C\c2ccc(cc2)O[C@H]1C(C)C)N(C)C. The second-order valence-corrected chi connectivity index (χ2v) is 11.0. The van der Waals surface area contributed by atoms with E-state index in [1.807, 2.05) is 71.0 Å². The molecular formula is C28H44N4O4. The summed E-state index contributed by atoms with van der Waals surface area (Å²) in [7, 11) is 3.71. The van der Waals surface area contributed by atoms with Crippen LogP contribution in [0.25, 0.3) is 6.08 Å². The molecule has 8 nitrogen and oxygen atoms in total. The fourth-order valence-electron chi connectivity index (χ4n) is 4.23. The van der Waals surface area contributed by atoms with Gasteiger partial charge in [0.1, 0.15) is 23.9 Å². The zero-order chi connectivity index (χ0) is 27.0. The summed E-state index contributed by atoms with van der Waals surface area (Å²) >= 11 is 0. The number of hydrogen-bond acceptors (Lipinski definition) is 5. The minimum Gasteiger partial charge on any atom is -0.487 e. The van der Waals surface area contributed by atoms with E-state index in [-0.39, 0.29) is 23.7 Å². The van der Waals surface area contributed by atoms with Crippen LogP contribution in [-0.2, 0) is 14.4 Å². The number of benzene rings is 1. The molecule has 0 fully saturated rings. The predicted molar refractivity (Wildman–Crippen MR) is 143 cm³/mol. The first-order valence-corrected chi connectivity index (χ1v) is 12.9. The van der Waals surface area contributed by atoms with Gasteiger partial charge in [-0.25, -0.2) is 0 Å². The molecule has 2 heterocycles. The van der Waals surface area contributed by atoms with Crippen LogP contribution < -0.4 is 20.7 Å². The van der Waals surface area contributed by atoms with Crippen molar-refractivity contribution < 1.29 is 19.1 Å². The Hall–Kier alpha value is -2.87. The fourth-order valence-corrected chi connectivity index (χ4v) is 4.23. The highest BCUT2D eigenvalue weighted by atomic mass is 16.5. The highest BCUT2D eigenvalue weighted by molar-refractivity contribution is 5.93. The van der Waals surface area contributed by atoms with E-state index in [0.717, 1.165) is 5.56 Å². The lowest BCUT2D eigenvalue weighted by atomic mass is 9.95. The first-order valence-electron chi connectivity index (χ1n) is 12.9. The van der Waals surface area contributed by atoms with Crippen molar-refractivity contribution in [2.75, 3.05) is 14.1 Å². The van der Waals surface area contributed by atoms with Crippen LogP contribution in [0.1, 0.15) is 59.9 Å². The van der Waals surface area contributed by atoms with Crippen LogP contribution in [0.2, 0.25) is 0 Å². The molecule has 200 valence electrons. The van der Waals surface area contributed by atoms with Crippen molar-refractivity contribution in [1.82, 2.24) is 20.9 Å². The third kappa shape index (κ3) is 8.66. The van der Waals surface area contributed by atoms with Crippen molar-refractivity contribution in [3.05, 3.63) is 36.0 Å². The van der Waals surface area contributed by atoms with Crippen molar-refractivity contribution in [2.45, 2.75) is 78.6 Å². The molecule has 0 aromatic heterocycles. The van der Waals surface area contributed by atoms with Gasteiger partial charge in [-0.3, -0.25) is 19.3 Å². The number of likely N-dealkylation sites (N-methyl/N-ethyl adjacent to an activating group) is 1. The van der Waals surface area contributed by atoms with Gasteiger partial charge in [0.05, 0.1) is 6.04 Å². The van der Waals surface area contributed by atoms with E-state index in [2.05, 4.69) is 29.8 Å². The standard InChI is InChI=1S/C28H44N4O4/c1-17(2)15-22-26(33)29-14-13-20-9-11-21(12-10-20)36-25(19(5)6)24(28(35)30-22)31-27(34)23(32(7)8)16-18(3)4/h9-14,17-19,22-25H,15-16H2,1-8H3,(H,29,33)(H,30,35)(H,31,34)/b14-13-/t22-,23?,24-,25-/m0/s1. The fraction of sp³-hybridized carbons (Fsp3) is 0.607. The van der Waals surface area contributed by atoms with Crippen molar-refractivity contribution in [2.24, 2.45) is 17.8 Å². The van der Waals surface area contributed by atoms with Crippen LogP contribution in [0, 0.1) is 17.8 Å². The van der Waals surface area contributed by atoms with Crippen molar-refractivity contribution in [3.8, 4) is 5.75 Å². The molecule has 0 spiro atoms. The normalized spacial score (nSPS) is 22.7. The molecule has 1 unspecified atom stereocenters. The molecule has 0 saturated heterocycles. The molecule has 0 aliphatic carbocycles. The van der Waals surface area contributed by atoms with Crippen LogP contribution in [0.3, 0.4) is 0 Å². The van der Waals surface area contributed by atoms with E-state index in [9.17, 15) is 14.4 Å². The Morgan fingerprint density at radius 1 is 1.00 bits per heavy atom. The van der Waals surface area contributed by atoms with Gasteiger partial charge in [-0.2, -0.15) is 0 Å². The molecule has 8 heteroatoms. The number of rotatable bonds is 8. The Bertz CT molecular complexity index is 909. The second-order valence-electron chi connectivity index (χ2n) is 11.0. The highest BCUT2D eigenvalue weighted by Gasteiger charge is 2.38. The minimum absolute atomic E-state index is 0.103. The van der Waals surface area contributed by atoms with Crippen LogP contribution in [0.4, 0.5) is 0 Å². The van der Waals surface area contributed by atoms with E-state index in [4.69, 9.17) is 4.74 Å². The maximum atomic E-state index is 13.7. The van der Waals surface area contributed by atoms with Crippen LogP contribution >= 0.6 is 0 Å². The quantitative estimate of drug-likeness (QED) is 0.509. The molecule has 2 aliphatic heterocycles. The Kier molecular flexibility index (Phi) is 11.0. The molecular weight excluding hydrogens is 456 g/mol. The number of nitrogens with zero attached hydrogens (tertiary/aromatic N) is 1. The summed E-state index contributed by atoms with van der Waals surface area (Å²) in [5, 5.41) is 8.67. The lowest BCUT2D eigenvalue weighted by molar-refractivity contribution is -0.136. The first-order chi connectivity index (χ1) is 16.9. The minimum atomic E-state index is -0.993. The van der Waals surface area contributed by atoms with Gasteiger partial charge < -0.3 is 20.7 Å². The summed E-state index contributed by atoms with van der Waals surface area (Å²) in [6.07, 6.45) is 3.82. The molecule has 2 bridgehead atoms. The molecule has 3 N–H and O–H groups in total. The Labute approximate surface area is 216 Å². The molecule has 2 aliphatic rings. The van der Waals surface area contributed by atoms with E-state index in [1.165, 1.54) is 0 Å². The number of carbonyl (C=O) groups excluding carboxylic acids is 3. The van der Waals surface area contributed by atoms with E-state index < -0.39 is 30.1 Å². The largest absolute Gasteiger partial charge is 0.487 e. The molecule has 0 saturated carbocycles. The molecule has 3 amide bonds. The maximum Gasteiger partial charge on any atom is 0.247 e. The third-order valence-corrected chi connectivity index (χ3v) is 6.18. The van der Waals surface area contributed by atoms with E-state index >= 15 is 0 Å². The Balaban J connectivity index is 2.50. The van der Waals surface area contributed by atoms with Gasteiger partial charge >= 0.3 is 0 Å². The zero-order valence-electron chi connectivity index (χ0n) is 23.0. The average Bonchev–Trinajstić information content (AvgIpc) is 2.78. The summed E-state index contributed by atoms with van der Waals surface area (Å²) in [6.45, 7) is 12.0. The summed E-state index contributed by atoms with van der Waals surface area (Å²) in [5.74, 6) is -0.0262. The lowest BCUT2D eigenvalue weighted by Gasteiger charge is -2.34. The third-order valence-electron chi connectivity index (χ3n) is 6.18. The van der Waals surface area contributed by atoms with Gasteiger partial charge in [0, 0.05) is 6.20 Å². The summed E-state index contributed by atoms with van der Waals surface area (Å²) in [5.41, 5.74) is 0.901. The van der Waals surface area contributed by atoms with Gasteiger partial charge in [-0.05, 0) is 68.5 Å². The Morgan fingerprint density at radius 3 is 2.17 bits per heavy atom. The highest BCUT2D eigenvalue weighted by Crippen LogP contribution is 2.21. The number of hydrogen-bond donors (Lipinski definition) is 3. The van der Waals surface area contributed by atoms with Gasteiger partial charge in [0.2, 0.25) is 17.7 Å². The van der Waals surface area contributed by atoms with Crippen LogP contribution in [0.5, 0.6) is 5.75 Å². The van der Waals surface area contributed by atoms with Gasteiger partial charge in [0.25, 0.3) is 0 Å². The number of fused-ring (bicyclic) bond motifs is 10. The number of nitrogens with one attached hydrogen (secondary N) is 3. The number of amides is 3. The zero-order valence-corrected chi connectivity index (χ0v) is 23.0. The van der Waals surface area contributed by atoms with E-state index in [1.54, 1.807) is 12.3 Å². The molecule has 3 rings (SSSR count). The molecule has 36 heavy (non-hydrogen) atoms. The van der Waals surface area contributed by atoms with Gasteiger partial charge in [-0.15, -0.1) is 0 Å². The Morgan fingerprint density at radius 2 is 1.64 bits per heavy atom.